The highest BCUT2D eigenvalue weighted by molar-refractivity contribution is 4.84. The molecule has 0 amide bonds. The molecule has 0 atom stereocenters. The topological polar surface area (TPSA) is 12.0 Å². The fourth-order valence-corrected chi connectivity index (χ4v) is 0.939. The molecule has 13 heavy (non-hydrogen) atoms. The molecule has 0 saturated carbocycles. The van der Waals surface area contributed by atoms with Gasteiger partial charge in [-0.05, 0) is 23.3 Å². The second kappa shape index (κ2) is 4.45. The van der Waals surface area contributed by atoms with Crippen LogP contribution in [0.4, 0.5) is 0 Å². The van der Waals surface area contributed by atoms with Crippen molar-refractivity contribution in [3.8, 4) is 0 Å². The lowest BCUT2D eigenvalue weighted by Crippen LogP contribution is -2.40. The Hall–Kier alpha value is -0.0400. The molecule has 80 valence electrons. The second-order valence-corrected chi connectivity index (χ2v) is 6.16. The second-order valence-electron chi connectivity index (χ2n) is 6.16. The van der Waals surface area contributed by atoms with Gasteiger partial charge in [0.25, 0.3) is 0 Å². The van der Waals surface area contributed by atoms with E-state index < -0.39 is 0 Å². The predicted molar refractivity (Wildman–Crippen MR) is 60.9 cm³/mol. The molecular weight excluding hydrogens is 158 g/mol. The summed E-state index contributed by atoms with van der Waals surface area (Å²) < 4.78 is 0. The fourth-order valence-electron chi connectivity index (χ4n) is 0.939. The van der Waals surface area contributed by atoms with Crippen LogP contribution < -0.4 is 5.32 Å². The van der Waals surface area contributed by atoms with Gasteiger partial charge in [-0.2, -0.15) is 0 Å². The summed E-state index contributed by atoms with van der Waals surface area (Å²) in [5.41, 5.74) is 0.735. The first kappa shape index (κ1) is 13.0. The van der Waals surface area contributed by atoms with Crippen molar-refractivity contribution in [2.45, 2.75) is 48.5 Å². The SMILES string of the molecule is CC(C)CNCC(C)(C)C(C)(C)C. The maximum atomic E-state index is 3.53. The molecule has 0 unspecified atom stereocenters. The minimum Gasteiger partial charge on any atom is -0.316 e. The van der Waals surface area contributed by atoms with Crippen LogP contribution >= 0.6 is 0 Å². The van der Waals surface area contributed by atoms with Crippen LogP contribution in [0, 0.1) is 16.7 Å². The largest absolute Gasteiger partial charge is 0.316 e. The lowest BCUT2D eigenvalue weighted by Gasteiger charge is -2.39. The molecule has 1 nitrogen and oxygen atoms in total. The number of hydrogen-bond acceptors (Lipinski definition) is 1. The minimum atomic E-state index is 0.363. The molecular formula is C12H27N. The van der Waals surface area contributed by atoms with Gasteiger partial charge in [0.1, 0.15) is 0 Å². The summed E-state index contributed by atoms with van der Waals surface area (Å²) in [4.78, 5) is 0. The normalized spacial score (nSPS) is 13.8. The molecule has 1 heteroatoms. The molecule has 0 spiro atoms. The van der Waals surface area contributed by atoms with E-state index in [9.17, 15) is 0 Å². The Labute approximate surface area is 84.3 Å². The Bertz CT molecular complexity index is 140. The van der Waals surface area contributed by atoms with Gasteiger partial charge in [-0.25, -0.2) is 0 Å². The average molecular weight is 185 g/mol. The zero-order valence-electron chi connectivity index (χ0n) is 10.5. The molecule has 0 aromatic rings. The Morgan fingerprint density at radius 1 is 1.00 bits per heavy atom. The molecule has 0 fully saturated rings. The highest BCUT2D eigenvalue weighted by Gasteiger charge is 2.31. The summed E-state index contributed by atoms with van der Waals surface area (Å²) in [6.45, 7) is 18.3. The Morgan fingerprint density at radius 3 is 1.77 bits per heavy atom. The third-order valence-corrected chi connectivity index (χ3v) is 3.15. The van der Waals surface area contributed by atoms with E-state index in [1.807, 2.05) is 0 Å². The van der Waals surface area contributed by atoms with Gasteiger partial charge in [-0.1, -0.05) is 48.5 Å². The van der Waals surface area contributed by atoms with E-state index in [0.29, 0.717) is 10.8 Å². The van der Waals surface area contributed by atoms with Crippen LogP contribution in [0.25, 0.3) is 0 Å². The zero-order chi connectivity index (χ0) is 10.7. The van der Waals surface area contributed by atoms with Crippen molar-refractivity contribution >= 4 is 0 Å². The molecule has 1 N–H and O–H groups in total. The van der Waals surface area contributed by atoms with Crippen molar-refractivity contribution in [2.75, 3.05) is 13.1 Å². The van der Waals surface area contributed by atoms with Gasteiger partial charge in [0.15, 0.2) is 0 Å². The number of rotatable bonds is 4. The molecule has 0 aliphatic rings. The maximum absolute atomic E-state index is 3.53. The van der Waals surface area contributed by atoms with Gasteiger partial charge in [0.05, 0.1) is 0 Å². The Kier molecular flexibility index (Phi) is 4.44. The van der Waals surface area contributed by atoms with Crippen LogP contribution in [0.2, 0.25) is 0 Å². The summed E-state index contributed by atoms with van der Waals surface area (Å²) >= 11 is 0. The smallest absolute Gasteiger partial charge is 0.000763 e. The predicted octanol–water partition coefficient (Wildman–Crippen LogP) is 3.30. The van der Waals surface area contributed by atoms with Gasteiger partial charge >= 0.3 is 0 Å². The molecule has 0 aromatic carbocycles. The molecule has 0 aliphatic carbocycles. The van der Waals surface area contributed by atoms with Gasteiger partial charge in [0.2, 0.25) is 0 Å². The third-order valence-electron chi connectivity index (χ3n) is 3.15. The van der Waals surface area contributed by atoms with E-state index in [1.54, 1.807) is 0 Å². The van der Waals surface area contributed by atoms with Gasteiger partial charge in [-0.3, -0.25) is 0 Å². The van der Waals surface area contributed by atoms with Crippen molar-refractivity contribution < 1.29 is 0 Å². The number of hydrogen-bond donors (Lipinski definition) is 1. The fraction of sp³-hybridized carbons (Fsp3) is 1.00. The van der Waals surface area contributed by atoms with Crippen LogP contribution in [-0.2, 0) is 0 Å². The van der Waals surface area contributed by atoms with Crippen LogP contribution in [0.5, 0.6) is 0 Å². The zero-order valence-corrected chi connectivity index (χ0v) is 10.5. The van der Waals surface area contributed by atoms with Crippen molar-refractivity contribution in [3.63, 3.8) is 0 Å². The average Bonchev–Trinajstić information content (AvgIpc) is 1.82. The number of nitrogens with one attached hydrogen (secondary N) is 1. The van der Waals surface area contributed by atoms with Crippen molar-refractivity contribution in [3.05, 3.63) is 0 Å². The van der Waals surface area contributed by atoms with E-state index in [1.165, 1.54) is 0 Å². The highest BCUT2D eigenvalue weighted by Crippen LogP contribution is 2.36. The summed E-state index contributed by atoms with van der Waals surface area (Å²) in [6.07, 6.45) is 0. The van der Waals surface area contributed by atoms with Crippen molar-refractivity contribution in [2.24, 2.45) is 16.7 Å². The highest BCUT2D eigenvalue weighted by atomic mass is 14.9. The molecule has 0 bridgehead atoms. The van der Waals surface area contributed by atoms with Gasteiger partial charge < -0.3 is 5.32 Å². The summed E-state index contributed by atoms with van der Waals surface area (Å²) in [6, 6.07) is 0. The monoisotopic (exact) mass is 185 g/mol. The summed E-state index contributed by atoms with van der Waals surface area (Å²) in [7, 11) is 0. The van der Waals surface area contributed by atoms with Crippen LogP contribution in [0.15, 0.2) is 0 Å². The molecule has 0 heterocycles. The van der Waals surface area contributed by atoms with E-state index >= 15 is 0 Å². The third kappa shape index (κ3) is 4.66. The Balaban J connectivity index is 3.90. The van der Waals surface area contributed by atoms with Gasteiger partial charge in [-0.15, -0.1) is 0 Å². The lowest BCUT2D eigenvalue weighted by atomic mass is 9.69. The quantitative estimate of drug-likeness (QED) is 0.708. The van der Waals surface area contributed by atoms with Crippen molar-refractivity contribution in [1.29, 1.82) is 0 Å². The van der Waals surface area contributed by atoms with E-state index in [2.05, 4.69) is 53.8 Å². The standard InChI is InChI=1S/C12H27N/c1-10(2)8-13-9-12(6,7)11(3,4)5/h10,13H,8-9H2,1-7H3. The molecule has 0 radical (unpaired) electrons. The minimum absolute atomic E-state index is 0.363. The molecule has 0 aliphatic heterocycles. The molecule has 0 rings (SSSR count). The van der Waals surface area contributed by atoms with Crippen LogP contribution in [0.1, 0.15) is 48.5 Å². The molecule has 0 aromatic heterocycles. The summed E-state index contributed by atoms with van der Waals surface area (Å²) in [5.74, 6) is 0.746. The first-order valence-electron chi connectivity index (χ1n) is 5.37. The first-order chi connectivity index (χ1) is 5.67. The van der Waals surface area contributed by atoms with E-state index in [4.69, 9.17) is 0 Å². The van der Waals surface area contributed by atoms with E-state index in [-0.39, 0.29) is 0 Å². The Morgan fingerprint density at radius 2 is 1.46 bits per heavy atom. The lowest BCUT2D eigenvalue weighted by molar-refractivity contribution is 0.128. The summed E-state index contributed by atoms with van der Waals surface area (Å²) in [5, 5.41) is 3.53. The van der Waals surface area contributed by atoms with Crippen molar-refractivity contribution in [1.82, 2.24) is 5.32 Å². The van der Waals surface area contributed by atoms with Gasteiger partial charge in [0, 0.05) is 6.54 Å². The maximum Gasteiger partial charge on any atom is 0.000763 e. The first-order valence-corrected chi connectivity index (χ1v) is 5.37. The van der Waals surface area contributed by atoms with Crippen LogP contribution in [-0.4, -0.2) is 13.1 Å². The van der Waals surface area contributed by atoms with E-state index in [0.717, 1.165) is 19.0 Å². The van der Waals surface area contributed by atoms with Crippen LogP contribution in [0.3, 0.4) is 0 Å². The molecule has 0 saturated heterocycles.